The van der Waals surface area contributed by atoms with Crippen LogP contribution in [0, 0.1) is 11.8 Å². The van der Waals surface area contributed by atoms with E-state index in [0.29, 0.717) is 23.1 Å². The van der Waals surface area contributed by atoms with Gasteiger partial charge in [-0.05, 0) is 37.8 Å². The summed E-state index contributed by atoms with van der Waals surface area (Å²) in [5.74, 6) is 1.14. The molecule has 0 saturated carbocycles. The van der Waals surface area contributed by atoms with Crippen LogP contribution in [0.4, 0.5) is 0 Å². The molecule has 1 aromatic rings. The number of nitrogens with zero attached hydrogens (tertiary/aromatic N) is 5. The van der Waals surface area contributed by atoms with Crippen LogP contribution in [-0.4, -0.2) is 63.4 Å². The van der Waals surface area contributed by atoms with Gasteiger partial charge in [0.2, 0.25) is 0 Å². The van der Waals surface area contributed by atoms with Crippen LogP contribution in [-0.2, 0) is 9.59 Å². The fraction of sp³-hybridized carbons (Fsp3) is 0.571. The lowest BCUT2D eigenvalue weighted by Gasteiger charge is -2.23. The number of aliphatic imine (C=N–C) groups is 2. The molecule has 0 aliphatic carbocycles. The lowest BCUT2D eigenvalue weighted by Crippen LogP contribution is -2.42. The van der Waals surface area contributed by atoms with E-state index in [4.69, 9.17) is 15.0 Å². The highest BCUT2D eigenvalue weighted by Crippen LogP contribution is 2.32. The van der Waals surface area contributed by atoms with Gasteiger partial charge in [0.05, 0.1) is 0 Å². The van der Waals surface area contributed by atoms with Gasteiger partial charge >= 0.3 is 0 Å². The molecule has 7 heteroatoms. The molecule has 2 unspecified atom stereocenters. The predicted octanol–water partition coefficient (Wildman–Crippen LogP) is 2.35. The Morgan fingerprint density at radius 2 is 1.14 bits per heavy atom. The Morgan fingerprint density at radius 1 is 0.786 bits per heavy atom. The molecule has 0 aromatic carbocycles. The molecule has 2 amide bonds. The first-order valence-corrected chi connectivity index (χ1v) is 9.67. The molecule has 0 spiro atoms. The number of carbonyl (C=O) groups excluding carboxylic acids is 2. The number of rotatable bonds is 4. The molecule has 3 rings (SSSR count). The van der Waals surface area contributed by atoms with E-state index in [-0.39, 0.29) is 23.7 Å². The maximum absolute atomic E-state index is 12.8. The number of aromatic nitrogens is 1. The van der Waals surface area contributed by atoms with Crippen molar-refractivity contribution < 1.29 is 9.59 Å². The molecule has 7 nitrogen and oxygen atoms in total. The van der Waals surface area contributed by atoms with Crippen molar-refractivity contribution in [2.45, 2.75) is 52.6 Å². The number of amidine groups is 2. The number of pyridine rings is 1. The van der Waals surface area contributed by atoms with E-state index in [1.807, 2.05) is 59.7 Å². The molecule has 150 valence electrons. The van der Waals surface area contributed by atoms with Crippen LogP contribution in [0.25, 0.3) is 0 Å². The summed E-state index contributed by atoms with van der Waals surface area (Å²) in [6.07, 6.45) is 0. The van der Waals surface area contributed by atoms with Crippen LogP contribution in [0.1, 0.15) is 52.9 Å². The van der Waals surface area contributed by atoms with Crippen molar-refractivity contribution in [2.24, 2.45) is 21.8 Å². The van der Waals surface area contributed by atoms with Gasteiger partial charge in [0.15, 0.2) is 11.7 Å². The highest BCUT2D eigenvalue weighted by Gasteiger charge is 2.47. The second-order valence-electron chi connectivity index (χ2n) is 8.61. The predicted molar refractivity (Wildman–Crippen MR) is 109 cm³/mol. The number of likely N-dealkylation sites (N-methyl/N-ethyl adjacent to an activating group) is 2. The molecule has 28 heavy (non-hydrogen) atoms. The summed E-state index contributed by atoms with van der Waals surface area (Å²) in [6, 6.07) is 5.52. The highest BCUT2D eigenvalue weighted by molar-refractivity contribution is 6.16. The largest absolute Gasteiger partial charge is 0.296 e. The van der Waals surface area contributed by atoms with E-state index < -0.39 is 11.1 Å². The van der Waals surface area contributed by atoms with Crippen molar-refractivity contribution in [3.8, 4) is 0 Å². The molecule has 2 atom stereocenters. The van der Waals surface area contributed by atoms with E-state index in [2.05, 4.69) is 0 Å². The molecule has 0 saturated heterocycles. The standard InChI is InChI=1S/C21H29N5O2/c1-12(2)20(5)18(27)25(7)16(23-20)14-10-9-11-15(22-14)17-24-21(6,13(3)4)19(28)26(17)8/h9-13H,1-8H3. The van der Waals surface area contributed by atoms with Gasteiger partial charge in [-0.3, -0.25) is 19.4 Å². The molecule has 1 aromatic heterocycles. The monoisotopic (exact) mass is 383 g/mol. The third-order valence-electron chi connectivity index (χ3n) is 6.24. The minimum atomic E-state index is -0.796. The van der Waals surface area contributed by atoms with Gasteiger partial charge < -0.3 is 0 Å². The topological polar surface area (TPSA) is 78.2 Å². The van der Waals surface area contributed by atoms with E-state index in [9.17, 15) is 9.59 Å². The molecule has 2 aliphatic rings. The van der Waals surface area contributed by atoms with Crippen molar-refractivity contribution in [3.05, 3.63) is 29.6 Å². The van der Waals surface area contributed by atoms with Gasteiger partial charge in [-0.1, -0.05) is 33.8 Å². The van der Waals surface area contributed by atoms with Crippen molar-refractivity contribution >= 4 is 23.5 Å². The van der Waals surface area contributed by atoms with Crippen LogP contribution in [0.2, 0.25) is 0 Å². The zero-order valence-electron chi connectivity index (χ0n) is 17.9. The fourth-order valence-corrected chi connectivity index (χ4v) is 3.45. The summed E-state index contributed by atoms with van der Waals surface area (Å²) >= 11 is 0. The Morgan fingerprint density at radius 3 is 1.43 bits per heavy atom. The third kappa shape index (κ3) is 2.75. The van der Waals surface area contributed by atoms with Gasteiger partial charge in [0.1, 0.15) is 22.5 Å². The molecular formula is C21H29N5O2. The van der Waals surface area contributed by atoms with Gasteiger partial charge in [0, 0.05) is 14.1 Å². The Kier molecular flexibility index (Phi) is 4.68. The van der Waals surface area contributed by atoms with Gasteiger partial charge in [-0.2, -0.15) is 0 Å². The summed E-state index contributed by atoms with van der Waals surface area (Å²) in [4.78, 5) is 42.8. The minimum Gasteiger partial charge on any atom is -0.296 e. The maximum atomic E-state index is 12.8. The average Bonchev–Trinajstić information content (AvgIpc) is 3.03. The zero-order valence-corrected chi connectivity index (χ0v) is 17.9. The molecule has 0 radical (unpaired) electrons. The third-order valence-corrected chi connectivity index (χ3v) is 6.24. The summed E-state index contributed by atoms with van der Waals surface area (Å²) < 4.78 is 0. The van der Waals surface area contributed by atoms with E-state index >= 15 is 0 Å². The quantitative estimate of drug-likeness (QED) is 0.801. The van der Waals surface area contributed by atoms with Crippen LogP contribution in [0.5, 0.6) is 0 Å². The van der Waals surface area contributed by atoms with Crippen molar-refractivity contribution in [1.82, 2.24) is 14.8 Å². The lowest BCUT2D eigenvalue weighted by molar-refractivity contribution is -0.131. The first-order valence-electron chi connectivity index (χ1n) is 9.67. The SMILES string of the molecule is CC(C)C1(C)N=C(c2cccc(C3=NC(C)(C(C)C)C(=O)N3C)n2)N(C)C1=O. The Labute approximate surface area is 166 Å². The van der Waals surface area contributed by atoms with Gasteiger partial charge in [-0.15, -0.1) is 0 Å². The molecule has 0 fully saturated rings. The fourth-order valence-electron chi connectivity index (χ4n) is 3.45. The van der Waals surface area contributed by atoms with Crippen molar-refractivity contribution in [3.63, 3.8) is 0 Å². The van der Waals surface area contributed by atoms with E-state index in [1.54, 1.807) is 23.9 Å². The first-order chi connectivity index (χ1) is 12.9. The van der Waals surface area contributed by atoms with Crippen LogP contribution >= 0.6 is 0 Å². The number of hydrogen-bond donors (Lipinski definition) is 0. The summed E-state index contributed by atoms with van der Waals surface area (Å²) in [5.41, 5.74) is -0.399. The van der Waals surface area contributed by atoms with Crippen LogP contribution in [0.3, 0.4) is 0 Å². The van der Waals surface area contributed by atoms with Gasteiger partial charge in [-0.25, -0.2) is 15.0 Å². The van der Waals surface area contributed by atoms with Crippen LogP contribution in [0.15, 0.2) is 28.2 Å². The Bertz CT molecular complexity index is 835. The molecule has 0 N–H and O–H groups in total. The second kappa shape index (κ2) is 6.50. The van der Waals surface area contributed by atoms with E-state index in [0.717, 1.165) is 0 Å². The molecule has 0 bridgehead atoms. The molecular weight excluding hydrogens is 354 g/mol. The van der Waals surface area contributed by atoms with E-state index in [1.165, 1.54) is 0 Å². The summed E-state index contributed by atoms with van der Waals surface area (Å²) in [7, 11) is 3.45. The van der Waals surface area contributed by atoms with Crippen LogP contribution < -0.4 is 0 Å². The lowest BCUT2D eigenvalue weighted by atomic mass is 9.89. The molecule has 3 heterocycles. The minimum absolute atomic E-state index is 0.0393. The van der Waals surface area contributed by atoms with Crippen molar-refractivity contribution in [1.29, 1.82) is 0 Å². The zero-order chi connectivity index (χ0) is 21.0. The number of amides is 2. The van der Waals surface area contributed by atoms with Gasteiger partial charge in [0.25, 0.3) is 11.8 Å². The number of carbonyl (C=O) groups is 2. The van der Waals surface area contributed by atoms with Crippen molar-refractivity contribution in [2.75, 3.05) is 14.1 Å². The highest BCUT2D eigenvalue weighted by atomic mass is 16.2. The normalized spacial score (nSPS) is 27.9. The Balaban J connectivity index is 2.05. The summed E-state index contributed by atoms with van der Waals surface area (Å²) in [6.45, 7) is 11.7. The maximum Gasteiger partial charge on any atom is 0.255 e. The summed E-state index contributed by atoms with van der Waals surface area (Å²) in [5, 5.41) is 0. The first kappa shape index (κ1) is 20.2. The Hall–Kier alpha value is -2.57. The second-order valence-corrected chi connectivity index (χ2v) is 8.61. The average molecular weight is 383 g/mol. The smallest absolute Gasteiger partial charge is 0.255 e. The number of hydrogen-bond acceptors (Lipinski definition) is 5. The molecule has 2 aliphatic heterocycles.